The maximum Gasteiger partial charge on any atom is 0.227 e. The molecule has 1 amide bonds. The van der Waals surface area contributed by atoms with E-state index in [2.05, 4.69) is 19.7 Å². The van der Waals surface area contributed by atoms with Gasteiger partial charge in [-0.3, -0.25) is 9.69 Å². The summed E-state index contributed by atoms with van der Waals surface area (Å²) in [6.07, 6.45) is 1.52. The fourth-order valence-corrected chi connectivity index (χ4v) is 4.00. The molecule has 1 N–H and O–H groups in total. The van der Waals surface area contributed by atoms with Crippen LogP contribution in [0.2, 0.25) is 0 Å². The van der Waals surface area contributed by atoms with E-state index in [1.165, 1.54) is 0 Å². The van der Waals surface area contributed by atoms with E-state index in [-0.39, 0.29) is 18.1 Å². The van der Waals surface area contributed by atoms with Gasteiger partial charge < -0.3 is 14.6 Å². The molecule has 2 atom stereocenters. The van der Waals surface area contributed by atoms with Crippen LogP contribution in [0, 0.1) is 0 Å². The summed E-state index contributed by atoms with van der Waals surface area (Å²) in [5, 5.41) is 18.7. The predicted octanol–water partition coefficient (Wildman–Crippen LogP) is 0.643. The number of carbonyl (C=O) groups excluding carboxylic acids is 1. The molecule has 0 spiro atoms. The molecule has 3 heterocycles. The average Bonchev–Trinajstić information content (AvgIpc) is 3.10. The third-order valence-electron chi connectivity index (χ3n) is 5.43. The number of rotatable bonds is 3. The summed E-state index contributed by atoms with van der Waals surface area (Å²) >= 11 is 0. The largest absolute Gasteiger partial charge is 0.392 e. The predicted molar refractivity (Wildman–Crippen MR) is 96.4 cm³/mol. The Morgan fingerprint density at radius 3 is 2.73 bits per heavy atom. The Bertz CT molecular complexity index is 775. The molecule has 0 aliphatic carbocycles. The van der Waals surface area contributed by atoms with Crippen LogP contribution in [0.25, 0.3) is 0 Å². The first-order valence-electron chi connectivity index (χ1n) is 9.24. The zero-order valence-corrected chi connectivity index (χ0v) is 15.1. The average molecular weight is 355 g/mol. The molecule has 1 aromatic carbocycles. The second kappa shape index (κ2) is 7.17. The molecule has 26 heavy (non-hydrogen) atoms. The summed E-state index contributed by atoms with van der Waals surface area (Å²) in [6, 6.07) is 9.96. The molecule has 1 aromatic heterocycles. The van der Waals surface area contributed by atoms with Gasteiger partial charge in [0.15, 0.2) is 5.82 Å². The van der Waals surface area contributed by atoms with Gasteiger partial charge in [-0.25, -0.2) is 0 Å². The zero-order chi connectivity index (χ0) is 18.1. The molecule has 0 bridgehead atoms. The molecule has 0 radical (unpaired) electrons. The van der Waals surface area contributed by atoms with E-state index in [4.69, 9.17) is 0 Å². The van der Waals surface area contributed by atoms with Crippen molar-refractivity contribution in [1.29, 1.82) is 0 Å². The van der Waals surface area contributed by atoms with Crippen molar-refractivity contribution in [2.24, 2.45) is 0 Å². The summed E-state index contributed by atoms with van der Waals surface area (Å²) in [5.74, 6) is 2.01. The molecular weight excluding hydrogens is 330 g/mol. The SMILES string of the molecule is CN1C[C@H](O)C[C@H]1c1nnc2n1CCN(C(=O)Cc1ccccc1)CC2. The highest BCUT2D eigenvalue weighted by Crippen LogP contribution is 2.30. The second-order valence-electron chi connectivity index (χ2n) is 7.26. The number of fused-ring (bicyclic) bond motifs is 1. The Morgan fingerprint density at radius 1 is 1.19 bits per heavy atom. The molecule has 1 fully saturated rings. The van der Waals surface area contributed by atoms with Crippen LogP contribution in [-0.4, -0.2) is 68.4 Å². The highest BCUT2D eigenvalue weighted by Gasteiger charge is 2.34. The Balaban J connectivity index is 1.45. The van der Waals surface area contributed by atoms with Crippen LogP contribution >= 0.6 is 0 Å². The molecule has 2 aliphatic rings. The maximum atomic E-state index is 12.7. The lowest BCUT2D eigenvalue weighted by Crippen LogP contribution is -2.35. The first kappa shape index (κ1) is 17.2. The van der Waals surface area contributed by atoms with E-state index in [0.717, 1.165) is 17.2 Å². The monoisotopic (exact) mass is 355 g/mol. The summed E-state index contributed by atoms with van der Waals surface area (Å²) in [7, 11) is 2.01. The number of likely N-dealkylation sites (tertiary alicyclic amines) is 1. The van der Waals surface area contributed by atoms with Gasteiger partial charge >= 0.3 is 0 Å². The van der Waals surface area contributed by atoms with Gasteiger partial charge in [0.1, 0.15) is 5.82 Å². The molecular formula is C19H25N5O2. The number of aliphatic hydroxyl groups excluding tert-OH is 1. The van der Waals surface area contributed by atoms with Crippen molar-refractivity contribution < 1.29 is 9.90 Å². The molecule has 7 nitrogen and oxygen atoms in total. The lowest BCUT2D eigenvalue weighted by atomic mass is 10.1. The lowest BCUT2D eigenvalue weighted by Gasteiger charge is -2.21. The first-order valence-corrected chi connectivity index (χ1v) is 9.24. The van der Waals surface area contributed by atoms with Crippen molar-refractivity contribution in [1.82, 2.24) is 24.6 Å². The smallest absolute Gasteiger partial charge is 0.227 e. The van der Waals surface area contributed by atoms with Gasteiger partial charge in [-0.05, 0) is 19.0 Å². The zero-order valence-electron chi connectivity index (χ0n) is 15.1. The number of β-amino-alcohol motifs (C(OH)–C–C–N with tert-alkyl or cyclic N) is 1. The van der Waals surface area contributed by atoms with Crippen LogP contribution in [0.5, 0.6) is 0 Å². The standard InChI is InChI=1S/C19H25N5O2/c1-22-13-15(25)12-16(22)19-21-20-17-7-8-23(9-10-24(17)19)18(26)11-14-5-3-2-4-6-14/h2-6,15-16,25H,7-13H2,1H3/t15-,16+/m1/s1. The lowest BCUT2D eigenvalue weighted by molar-refractivity contribution is -0.130. The van der Waals surface area contributed by atoms with Gasteiger partial charge in [0, 0.05) is 32.6 Å². The highest BCUT2D eigenvalue weighted by molar-refractivity contribution is 5.78. The molecule has 138 valence electrons. The number of nitrogens with zero attached hydrogens (tertiary/aromatic N) is 5. The van der Waals surface area contributed by atoms with Gasteiger partial charge in [-0.15, -0.1) is 10.2 Å². The summed E-state index contributed by atoms with van der Waals surface area (Å²) in [4.78, 5) is 16.7. The first-order chi connectivity index (χ1) is 12.6. The normalized spacial score (nSPS) is 23.7. The fraction of sp³-hybridized carbons (Fsp3) is 0.526. The fourth-order valence-electron chi connectivity index (χ4n) is 4.00. The van der Waals surface area contributed by atoms with Crippen LogP contribution < -0.4 is 0 Å². The summed E-state index contributed by atoms with van der Waals surface area (Å²) < 4.78 is 2.15. The van der Waals surface area contributed by atoms with Crippen molar-refractivity contribution >= 4 is 5.91 Å². The summed E-state index contributed by atoms with van der Waals surface area (Å²) in [5.41, 5.74) is 1.04. The molecule has 0 saturated carbocycles. The maximum absolute atomic E-state index is 12.7. The van der Waals surface area contributed by atoms with Crippen LogP contribution in [0.3, 0.4) is 0 Å². The number of aliphatic hydroxyl groups is 1. The number of carbonyl (C=O) groups is 1. The van der Waals surface area contributed by atoms with Crippen LogP contribution in [0.1, 0.15) is 29.7 Å². The third-order valence-corrected chi connectivity index (χ3v) is 5.43. The van der Waals surface area contributed by atoms with Gasteiger partial charge in [0.2, 0.25) is 5.91 Å². The second-order valence-corrected chi connectivity index (χ2v) is 7.26. The Morgan fingerprint density at radius 2 is 2.00 bits per heavy atom. The van der Waals surface area contributed by atoms with E-state index >= 15 is 0 Å². The molecule has 1 saturated heterocycles. The number of likely N-dealkylation sites (N-methyl/N-ethyl adjacent to an activating group) is 1. The molecule has 7 heteroatoms. The van der Waals surface area contributed by atoms with E-state index in [0.29, 0.717) is 45.4 Å². The van der Waals surface area contributed by atoms with Gasteiger partial charge in [-0.2, -0.15) is 0 Å². The van der Waals surface area contributed by atoms with Crippen molar-refractivity contribution in [3.8, 4) is 0 Å². The Hall–Kier alpha value is -2.25. The minimum Gasteiger partial charge on any atom is -0.392 e. The van der Waals surface area contributed by atoms with Crippen molar-refractivity contribution in [2.45, 2.75) is 38.0 Å². The van der Waals surface area contributed by atoms with Crippen LogP contribution in [0.4, 0.5) is 0 Å². The molecule has 4 rings (SSSR count). The van der Waals surface area contributed by atoms with E-state index < -0.39 is 0 Å². The quantitative estimate of drug-likeness (QED) is 0.875. The number of hydrogen-bond acceptors (Lipinski definition) is 5. The van der Waals surface area contributed by atoms with E-state index in [1.807, 2.05) is 42.3 Å². The number of amides is 1. The van der Waals surface area contributed by atoms with Crippen molar-refractivity contribution in [3.63, 3.8) is 0 Å². The van der Waals surface area contributed by atoms with Gasteiger partial charge in [0.25, 0.3) is 0 Å². The van der Waals surface area contributed by atoms with E-state index in [1.54, 1.807) is 0 Å². The highest BCUT2D eigenvalue weighted by atomic mass is 16.3. The van der Waals surface area contributed by atoms with Crippen LogP contribution in [0.15, 0.2) is 30.3 Å². The van der Waals surface area contributed by atoms with Gasteiger partial charge in [0.05, 0.1) is 18.6 Å². The van der Waals surface area contributed by atoms with Crippen LogP contribution in [-0.2, 0) is 24.2 Å². The topological polar surface area (TPSA) is 74.5 Å². The molecule has 0 unspecified atom stereocenters. The summed E-state index contributed by atoms with van der Waals surface area (Å²) in [6.45, 7) is 2.71. The minimum atomic E-state index is -0.312. The molecule has 2 aliphatic heterocycles. The van der Waals surface area contributed by atoms with E-state index in [9.17, 15) is 9.90 Å². The van der Waals surface area contributed by atoms with Crippen molar-refractivity contribution in [2.75, 3.05) is 26.7 Å². The number of aromatic nitrogens is 3. The van der Waals surface area contributed by atoms with Gasteiger partial charge in [-0.1, -0.05) is 30.3 Å². The number of hydrogen-bond donors (Lipinski definition) is 1. The van der Waals surface area contributed by atoms with Crippen molar-refractivity contribution in [3.05, 3.63) is 47.5 Å². The Labute approximate surface area is 153 Å². The third kappa shape index (κ3) is 3.37. The minimum absolute atomic E-state index is 0.0952. The number of benzene rings is 1. The molecule has 2 aromatic rings. The Kier molecular flexibility index (Phi) is 4.74.